The van der Waals surface area contributed by atoms with E-state index in [1.54, 1.807) is 13.2 Å². The molecule has 0 bridgehead atoms. The van der Waals surface area contributed by atoms with E-state index in [0.29, 0.717) is 12.4 Å². The van der Waals surface area contributed by atoms with Gasteiger partial charge in [0.15, 0.2) is 0 Å². The third kappa shape index (κ3) is 3.14. The molecule has 0 amide bonds. The van der Waals surface area contributed by atoms with E-state index in [9.17, 15) is 0 Å². The van der Waals surface area contributed by atoms with Crippen LogP contribution < -0.4 is 10.1 Å². The highest BCUT2D eigenvalue weighted by molar-refractivity contribution is 5.37. The van der Waals surface area contributed by atoms with Gasteiger partial charge < -0.3 is 10.1 Å². The molecular weight excluding hydrogens is 216 g/mol. The molecule has 0 saturated carbocycles. The molecule has 0 aliphatic carbocycles. The van der Waals surface area contributed by atoms with Gasteiger partial charge in [0.05, 0.1) is 7.11 Å². The van der Waals surface area contributed by atoms with Crippen LogP contribution in [-0.4, -0.2) is 22.1 Å². The Morgan fingerprint density at radius 1 is 1.24 bits per heavy atom. The number of anilines is 1. The summed E-state index contributed by atoms with van der Waals surface area (Å²) in [7, 11) is 1.58. The fraction of sp³-hybridized carbons (Fsp3) is 0.250. The lowest BCUT2D eigenvalue weighted by atomic mass is 10.2. The van der Waals surface area contributed by atoms with E-state index in [4.69, 9.17) is 4.74 Å². The Balaban J connectivity index is 1.99. The van der Waals surface area contributed by atoms with Crippen LogP contribution in [0.2, 0.25) is 0 Å². The first-order chi connectivity index (χ1) is 8.28. The zero-order valence-corrected chi connectivity index (χ0v) is 9.84. The van der Waals surface area contributed by atoms with Gasteiger partial charge in [0.25, 0.3) is 0 Å². The first-order valence-corrected chi connectivity index (χ1v) is 5.29. The van der Waals surface area contributed by atoms with Crippen molar-refractivity contribution >= 4 is 5.82 Å². The van der Waals surface area contributed by atoms with Crippen LogP contribution in [0.4, 0.5) is 5.82 Å². The van der Waals surface area contributed by atoms with Crippen molar-refractivity contribution in [2.75, 3.05) is 12.4 Å². The number of methoxy groups -OCH3 is 1. The number of nitrogens with one attached hydrogen (secondary N) is 1. The first kappa shape index (κ1) is 11.3. The van der Waals surface area contributed by atoms with Gasteiger partial charge in [0.2, 0.25) is 5.88 Å². The minimum absolute atomic E-state index is 0.546. The molecule has 2 heterocycles. The second kappa shape index (κ2) is 5.25. The molecule has 0 radical (unpaired) electrons. The molecule has 0 spiro atoms. The Morgan fingerprint density at radius 2 is 2.12 bits per heavy atom. The Morgan fingerprint density at radius 3 is 2.82 bits per heavy atom. The van der Waals surface area contributed by atoms with E-state index in [-0.39, 0.29) is 0 Å². The second-order valence-electron chi connectivity index (χ2n) is 3.61. The van der Waals surface area contributed by atoms with E-state index in [0.717, 1.165) is 17.1 Å². The van der Waals surface area contributed by atoms with Gasteiger partial charge in [-0.05, 0) is 18.6 Å². The van der Waals surface area contributed by atoms with Crippen molar-refractivity contribution in [2.24, 2.45) is 0 Å². The van der Waals surface area contributed by atoms with Gasteiger partial charge in [-0.15, -0.1) is 0 Å². The molecule has 0 unspecified atom stereocenters. The third-order valence-corrected chi connectivity index (χ3v) is 2.30. The lowest BCUT2D eigenvalue weighted by Gasteiger charge is -2.06. The van der Waals surface area contributed by atoms with Crippen LogP contribution in [0.1, 0.15) is 11.3 Å². The Bertz CT molecular complexity index is 484. The number of pyridine rings is 1. The lowest BCUT2D eigenvalue weighted by molar-refractivity contribution is 0.397. The maximum absolute atomic E-state index is 5.02. The van der Waals surface area contributed by atoms with Crippen molar-refractivity contribution in [1.29, 1.82) is 0 Å². The monoisotopic (exact) mass is 230 g/mol. The number of aromatic nitrogens is 3. The Hall–Kier alpha value is -2.17. The average molecular weight is 230 g/mol. The van der Waals surface area contributed by atoms with Crippen LogP contribution in [0, 0.1) is 6.92 Å². The van der Waals surface area contributed by atoms with Crippen LogP contribution in [-0.2, 0) is 6.54 Å². The van der Waals surface area contributed by atoms with E-state index < -0.39 is 0 Å². The zero-order valence-electron chi connectivity index (χ0n) is 9.84. The molecule has 0 aromatic carbocycles. The summed E-state index contributed by atoms with van der Waals surface area (Å²) in [4.78, 5) is 12.3. The predicted molar refractivity (Wildman–Crippen MR) is 64.9 cm³/mol. The molecule has 0 aliphatic rings. The van der Waals surface area contributed by atoms with Crippen LogP contribution in [0.25, 0.3) is 0 Å². The number of ether oxygens (including phenoxy) is 1. The fourth-order valence-electron chi connectivity index (χ4n) is 1.34. The number of rotatable bonds is 4. The highest BCUT2D eigenvalue weighted by Crippen LogP contribution is 2.11. The van der Waals surface area contributed by atoms with Crippen LogP contribution in [0.5, 0.6) is 5.88 Å². The SMILES string of the molecule is COc1cc(NCc2ccc(C)nc2)ncn1. The van der Waals surface area contributed by atoms with Crippen molar-refractivity contribution in [2.45, 2.75) is 13.5 Å². The van der Waals surface area contributed by atoms with Gasteiger partial charge in [-0.25, -0.2) is 9.97 Å². The smallest absolute Gasteiger partial charge is 0.218 e. The first-order valence-electron chi connectivity index (χ1n) is 5.29. The molecule has 5 nitrogen and oxygen atoms in total. The van der Waals surface area contributed by atoms with Gasteiger partial charge >= 0.3 is 0 Å². The zero-order chi connectivity index (χ0) is 12.1. The third-order valence-electron chi connectivity index (χ3n) is 2.30. The standard InChI is InChI=1S/C12H14N4O/c1-9-3-4-10(6-13-9)7-14-11-5-12(17-2)16-8-15-11/h3-6,8H,7H2,1-2H3,(H,14,15,16). The minimum Gasteiger partial charge on any atom is -0.481 e. The average Bonchev–Trinajstić information content (AvgIpc) is 2.38. The summed E-state index contributed by atoms with van der Waals surface area (Å²) in [6.07, 6.45) is 3.31. The van der Waals surface area contributed by atoms with E-state index in [2.05, 4.69) is 20.3 Å². The topological polar surface area (TPSA) is 59.9 Å². The quantitative estimate of drug-likeness (QED) is 0.867. The summed E-state index contributed by atoms with van der Waals surface area (Å²) < 4.78 is 5.02. The molecule has 17 heavy (non-hydrogen) atoms. The summed E-state index contributed by atoms with van der Waals surface area (Å²) >= 11 is 0. The number of aryl methyl sites for hydroxylation is 1. The van der Waals surface area contributed by atoms with Crippen molar-refractivity contribution in [3.63, 3.8) is 0 Å². The minimum atomic E-state index is 0.546. The molecule has 0 aliphatic heterocycles. The number of nitrogens with zero attached hydrogens (tertiary/aromatic N) is 3. The number of hydrogen-bond donors (Lipinski definition) is 1. The molecule has 2 aromatic heterocycles. The summed E-state index contributed by atoms with van der Waals surface area (Å²) in [5, 5.41) is 3.18. The highest BCUT2D eigenvalue weighted by Gasteiger charge is 1.98. The molecule has 0 saturated heterocycles. The second-order valence-corrected chi connectivity index (χ2v) is 3.61. The van der Waals surface area contributed by atoms with Gasteiger partial charge in [-0.3, -0.25) is 4.98 Å². The molecule has 2 rings (SSSR count). The molecule has 5 heteroatoms. The fourth-order valence-corrected chi connectivity index (χ4v) is 1.34. The summed E-state index contributed by atoms with van der Waals surface area (Å²) in [6.45, 7) is 2.64. The molecule has 1 N–H and O–H groups in total. The predicted octanol–water partition coefficient (Wildman–Crippen LogP) is 1.80. The van der Waals surface area contributed by atoms with Gasteiger partial charge in [0, 0.05) is 24.5 Å². The summed E-state index contributed by atoms with van der Waals surface area (Å²) in [5.41, 5.74) is 2.12. The Labute approximate surface area is 99.9 Å². The number of hydrogen-bond acceptors (Lipinski definition) is 5. The largest absolute Gasteiger partial charge is 0.481 e. The molecular formula is C12H14N4O. The van der Waals surface area contributed by atoms with Crippen molar-refractivity contribution < 1.29 is 4.74 Å². The van der Waals surface area contributed by atoms with Crippen LogP contribution in [0.15, 0.2) is 30.7 Å². The van der Waals surface area contributed by atoms with E-state index in [1.165, 1.54) is 6.33 Å². The van der Waals surface area contributed by atoms with Crippen molar-refractivity contribution in [1.82, 2.24) is 15.0 Å². The van der Waals surface area contributed by atoms with Gasteiger partial charge in [-0.2, -0.15) is 0 Å². The highest BCUT2D eigenvalue weighted by atomic mass is 16.5. The molecule has 0 fully saturated rings. The van der Waals surface area contributed by atoms with Crippen molar-refractivity contribution in [3.8, 4) is 5.88 Å². The van der Waals surface area contributed by atoms with Crippen LogP contribution in [0.3, 0.4) is 0 Å². The molecule has 88 valence electrons. The normalized spacial score (nSPS) is 10.0. The lowest BCUT2D eigenvalue weighted by Crippen LogP contribution is -2.02. The van der Waals surface area contributed by atoms with Crippen molar-refractivity contribution in [3.05, 3.63) is 42.0 Å². The van der Waals surface area contributed by atoms with E-state index >= 15 is 0 Å². The molecule has 2 aromatic rings. The van der Waals surface area contributed by atoms with Crippen LogP contribution >= 0.6 is 0 Å². The van der Waals surface area contributed by atoms with Gasteiger partial charge in [0.1, 0.15) is 12.1 Å². The maximum Gasteiger partial charge on any atom is 0.218 e. The van der Waals surface area contributed by atoms with Gasteiger partial charge in [-0.1, -0.05) is 6.07 Å². The molecule has 0 atom stereocenters. The Kier molecular flexibility index (Phi) is 3.49. The summed E-state index contributed by atoms with van der Waals surface area (Å²) in [5.74, 6) is 1.28. The maximum atomic E-state index is 5.02. The van der Waals surface area contributed by atoms with E-state index in [1.807, 2.05) is 25.3 Å². The summed E-state index contributed by atoms with van der Waals surface area (Å²) in [6, 6.07) is 5.77.